The van der Waals surface area contributed by atoms with E-state index < -0.39 is 0 Å². The summed E-state index contributed by atoms with van der Waals surface area (Å²) in [4.78, 5) is 17.1. The Morgan fingerprint density at radius 1 is 0.778 bits per heavy atom. The molecule has 0 N–H and O–H groups in total. The Morgan fingerprint density at radius 2 is 1.41 bits per heavy atom. The van der Waals surface area contributed by atoms with Gasteiger partial charge in [-0.05, 0) is 11.1 Å². The first kappa shape index (κ1) is 17.9. The molecule has 0 saturated carbocycles. The van der Waals surface area contributed by atoms with Crippen LogP contribution in [0.4, 0.5) is 0 Å². The fraction of sp³-hybridized carbons (Fsp3) is 0.364. The first-order valence-corrected chi connectivity index (χ1v) is 9.70. The molecule has 2 heterocycles. The van der Waals surface area contributed by atoms with E-state index in [1.165, 1.54) is 5.56 Å². The van der Waals surface area contributed by atoms with Gasteiger partial charge in [0.1, 0.15) is 0 Å². The van der Waals surface area contributed by atoms with Gasteiger partial charge in [-0.25, -0.2) is 5.01 Å². The Bertz CT molecular complexity index is 782. The van der Waals surface area contributed by atoms with Crippen LogP contribution in [0.25, 0.3) is 0 Å². The molecule has 0 atom stereocenters. The minimum absolute atomic E-state index is 0.126. The van der Waals surface area contributed by atoms with E-state index in [0.717, 1.165) is 50.4 Å². The second-order valence-corrected chi connectivity index (χ2v) is 7.23. The molecule has 2 aliphatic heterocycles. The van der Waals surface area contributed by atoms with Crippen molar-refractivity contribution in [2.24, 2.45) is 5.10 Å². The molecule has 0 spiro atoms. The molecule has 0 unspecified atom stereocenters. The molecule has 0 bridgehead atoms. The molecule has 140 valence electrons. The van der Waals surface area contributed by atoms with Crippen molar-refractivity contribution in [3.05, 3.63) is 71.8 Å². The van der Waals surface area contributed by atoms with Crippen LogP contribution in [-0.2, 0) is 11.3 Å². The summed E-state index contributed by atoms with van der Waals surface area (Å²) in [5.74, 6) is 0.126. The molecule has 1 fully saturated rings. The average molecular weight is 362 g/mol. The van der Waals surface area contributed by atoms with Gasteiger partial charge in [-0.2, -0.15) is 5.10 Å². The van der Waals surface area contributed by atoms with E-state index in [4.69, 9.17) is 0 Å². The lowest BCUT2D eigenvalue weighted by Gasteiger charge is -2.37. The van der Waals surface area contributed by atoms with Crippen molar-refractivity contribution in [1.82, 2.24) is 14.8 Å². The summed E-state index contributed by atoms with van der Waals surface area (Å²) < 4.78 is 0. The zero-order valence-corrected chi connectivity index (χ0v) is 15.6. The number of carbonyl (C=O) groups excluding carboxylic acids is 1. The van der Waals surface area contributed by atoms with Gasteiger partial charge in [0.15, 0.2) is 0 Å². The van der Waals surface area contributed by atoms with Crippen LogP contribution in [0, 0.1) is 0 Å². The predicted molar refractivity (Wildman–Crippen MR) is 107 cm³/mol. The summed E-state index contributed by atoms with van der Waals surface area (Å²) in [6, 6.07) is 20.8. The topological polar surface area (TPSA) is 39.2 Å². The molecular weight excluding hydrogens is 336 g/mol. The van der Waals surface area contributed by atoms with Crippen molar-refractivity contribution < 1.29 is 4.79 Å². The van der Waals surface area contributed by atoms with Gasteiger partial charge in [0.25, 0.3) is 0 Å². The molecule has 2 aliphatic rings. The number of hydrogen-bond donors (Lipinski definition) is 0. The summed E-state index contributed by atoms with van der Waals surface area (Å²) in [5, 5.41) is 6.32. The smallest absolute Gasteiger partial charge is 0.244 e. The fourth-order valence-electron chi connectivity index (χ4n) is 3.67. The van der Waals surface area contributed by atoms with Crippen molar-refractivity contribution in [1.29, 1.82) is 0 Å². The van der Waals surface area contributed by atoms with Gasteiger partial charge in [-0.1, -0.05) is 60.7 Å². The molecule has 1 amide bonds. The van der Waals surface area contributed by atoms with Crippen molar-refractivity contribution in [2.75, 3.05) is 32.8 Å². The van der Waals surface area contributed by atoms with Crippen LogP contribution in [0.15, 0.2) is 65.8 Å². The lowest BCUT2D eigenvalue weighted by atomic mass is 10.0. The van der Waals surface area contributed by atoms with Gasteiger partial charge < -0.3 is 0 Å². The van der Waals surface area contributed by atoms with Crippen LogP contribution in [-0.4, -0.2) is 59.3 Å². The molecule has 27 heavy (non-hydrogen) atoms. The molecule has 2 aromatic carbocycles. The normalized spacial score (nSPS) is 19.2. The largest absolute Gasteiger partial charge is 0.297 e. The van der Waals surface area contributed by atoms with Gasteiger partial charge in [-0.15, -0.1) is 0 Å². The number of amides is 1. The first-order chi connectivity index (χ1) is 13.3. The van der Waals surface area contributed by atoms with E-state index in [2.05, 4.69) is 57.4 Å². The number of nitrogens with zero attached hydrogens (tertiary/aromatic N) is 4. The van der Waals surface area contributed by atoms with Gasteiger partial charge in [0.2, 0.25) is 5.91 Å². The molecule has 0 aromatic heterocycles. The second kappa shape index (κ2) is 8.46. The lowest BCUT2D eigenvalue weighted by Crippen LogP contribution is -2.50. The highest BCUT2D eigenvalue weighted by Crippen LogP contribution is 2.16. The maximum absolute atomic E-state index is 12.3. The Kier molecular flexibility index (Phi) is 5.61. The summed E-state index contributed by atoms with van der Waals surface area (Å²) in [6.45, 7) is 5.56. The number of benzene rings is 2. The third-order valence-corrected chi connectivity index (χ3v) is 5.26. The van der Waals surface area contributed by atoms with Crippen LogP contribution in [0.1, 0.15) is 24.0 Å². The quantitative estimate of drug-likeness (QED) is 0.821. The van der Waals surface area contributed by atoms with Crippen LogP contribution in [0.3, 0.4) is 0 Å². The first-order valence-electron chi connectivity index (χ1n) is 9.70. The van der Waals surface area contributed by atoms with Crippen LogP contribution in [0.2, 0.25) is 0 Å². The number of hydrazone groups is 1. The minimum atomic E-state index is 0.126. The van der Waals surface area contributed by atoms with Gasteiger partial charge >= 0.3 is 0 Å². The molecule has 1 saturated heterocycles. The second-order valence-electron chi connectivity index (χ2n) is 7.23. The predicted octanol–water partition coefficient (Wildman–Crippen LogP) is 2.79. The number of hydrogen-bond acceptors (Lipinski definition) is 4. The van der Waals surface area contributed by atoms with Crippen LogP contribution < -0.4 is 0 Å². The average Bonchev–Trinajstić information content (AvgIpc) is 2.72. The van der Waals surface area contributed by atoms with Crippen molar-refractivity contribution >= 4 is 11.6 Å². The molecule has 5 nitrogen and oxygen atoms in total. The molecule has 0 aliphatic carbocycles. The van der Waals surface area contributed by atoms with Gasteiger partial charge in [-0.3, -0.25) is 14.6 Å². The number of piperazine rings is 1. The summed E-state index contributed by atoms with van der Waals surface area (Å²) in [6.07, 6.45) is 1.27. The van der Waals surface area contributed by atoms with Crippen molar-refractivity contribution in [3.8, 4) is 0 Å². The Morgan fingerprint density at radius 3 is 2.11 bits per heavy atom. The monoisotopic (exact) mass is 362 g/mol. The van der Waals surface area contributed by atoms with Crippen LogP contribution in [0.5, 0.6) is 0 Å². The van der Waals surface area contributed by atoms with E-state index in [1.54, 1.807) is 5.01 Å². The van der Waals surface area contributed by atoms with Gasteiger partial charge in [0.05, 0.1) is 12.4 Å². The number of rotatable bonds is 5. The van der Waals surface area contributed by atoms with E-state index in [0.29, 0.717) is 13.1 Å². The molecule has 0 radical (unpaired) electrons. The Hall–Kier alpha value is -2.50. The molecular formula is C22H26N4O. The zero-order valence-electron chi connectivity index (χ0n) is 15.6. The highest BCUT2D eigenvalue weighted by molar-refractivity contribution is 6.04. The molecule has 4 rings (SSSR count). The Balaban J connectivity index is 1.33. The van der Waals surface area contributed by atoms with Crippen molar-refractivity contribution in [3.63, 3.8) is 0 Å². The lowest BCUT2D eigenvalue weighted by molar-refractivity contribution is -0.134. The fourth-order valence-corrected chi connectivity index (χ4v) is 3.67. The maximum atomic E-state index is 12.3. The van der Waals surface area contributed by atoms with Crippen molar-refractivity contribution in [2.45, 2.75) is 19.4 Å². The van der Waals surface area contributed by atoms with Crippen LogP contribution >= 0.6 is 0 Å². The van der Waals surface area contributed by atoms with E-state index >= 15 is 0 Å². The summed E-state index contributed by atoms with van der Waals surface area (Å²) in [7, 11) is 0. The standard InChI is InChI=1S/C22H26N4O/c27-22-12-11-21(20-9-5-2-6-10-20)23-26(22)18-25-15-13-24(14-16-25)17-19-7-3-1-4-8-19/h1-10H,11-18H2. The van der Waals surface area contributed by atoms with Gasteiger partial charge in [0, 0.05) is 45.6 Å². The highest BCUT2D eigenvalue weighted by Gasteiger charge is 2.25. The summed E-state index contributed by atoms with van der Waals surface area (Å²) >= 11 is 0. The van der Waals surface area contributed by atoms with E-state index in [1.807, 2.05) is 18.2 Å². The third-order valence-electron chi connectivity index (χ3n) is 5.26. The third kappa shape index (κ3) is 4.62. The van der Waals surface area contributed by atoms with E-state index in [9.17, 15) is 4.79 Å². The highest BCUT2D eigenvalue weighted by atomic mass is 16.2. The maximum Gasteiger partial charge on any atom is 0.244 e. The SMILES string of the molecule is O=C1CCC(c2ccccc2)=NN1CN1CCN(Cc2ccccc2)CC1. The molecule has 2 aromatic rings. The van der Waals surface area contributed by atoms with E-state index in [-0.39, 0.29) is 5.91 Å². The minimum Gasteiger partial charge on any atom is -0.297 e. The Labute approximate surface area is 160 Å². The summed E-state index contributed by atoms with van der Waals surface area (Å²) in [5.41, 5.74) is 3.48. The molecule has 5 heteroatoms. The number of carbonyl (C=O) groups is 1. The zero-order chi connectivity index (χ0) is 18.5.